The van der Waals surface area contributed by atoms with Crippen molar-refractivity contribution in [1.82, 2.24) is 4.90 Å². The Balaban J connectivity index is 1.50. The lowest BCUT2D eigenvalue weighted by atomic mass is 9.72. The van der Waals surface area contributed by atoms with E-state index in [4.69, 9.17) is 4.42 Å². The van der Waals surface area contributed by atoms with E-state index in [-0.39, 0.29) is 28.4 Å². The maximum Gasteiger partial charge on any atom is 0.289 e. The number of fused-ring (bicyclic) bond motifs is 1. The summed E-state index contributed by atoms with van der Waals surface area (Å²) in [6, 6.07) is 11.8. The summed E-state index contributed by atoms with van der Waals surface area (Å²) in [6.07, 6.45) is 5.67. The van der Waals surface area contributed by atoms with Crippen LogP contribution in [0.5, 0.6) is 0 Å². The van der Waals surface area contributed by atoms with Crippen LogP contribution < -0.4 is 0 Å². The van der Waals surface area contributed by atoms with E-state index in [1.54, 1.807) is 42.5 Å². The largest absolute Gasteiger partial charge is 0.455 e. The van der Waals surface area contributed by atoms with E-state index >= 15 is 0 Å². The summed E-state index contributed by atoms with van der Waals surface area (Å²) in [5, 5.41) is 0. The standard InChI is InChI=1S/C22H27NO4S/c1-16-13-14-23(20-10-6-5-9-19(16)20)22(24)21-12-11-17(27-21)15-28(25,26)18-7-3-2-4-8-18/h2-4,7-8,11-12,16,19-20H,5-6,9-10,13-15H2,1H3. The number of nitrogens with zero attached hydrogens (tertiary/aromatic N) is 1. The zero-order valence-corrected chi connectivity index (χ0v) is 17.0. The lowest BCUT2D eigenvalue weighted by Crippen LogP contribution is -2.52. The van der Waals surface area contributed by atoms with Crippen LogP contribution in [0.3, 0.4) is 0 Å². The smallest absolute Gasteiger partial charge is 0.289 e. The number of furan rings is 1. The van der Waals surface area contributed by atoms with E-state index in [0.717, 1.165) is 25.8 Å². The number of hydrogen-bond acceptors (Lipinski definition) is 4. The van der Waals surface area contributed by atoms with Gasteiger partial charge in [-0.2, -0.15) is 0 Å². The Morgan fingerprint density at radius 1 is 1.07 bits per heavy atom. The average molecular weight is 402 g/mol. The first-order valence-corrected chi connectivity index (χ1v) is 11.8. The van der Waals surface area contributed by atoms with Gasteiger partial charge in [-0.15, -0.1) is 0 Å². The fourth-order valence-corrected chi connectivity index (χ4v) is 6.04. The Morgan fingerprint density at radius 3 is 2.61 bits per heavy atom. The average Bonchev–Trinajstić information content (AvgIpc) is 3.16. The van der Waals surface area contributed by atoms with Crippen molar-refractivity contribution >= 4 is 15.7 Å². The topological polar surface area (TPSA) is 67.6 Å². The summed E-state index contributed by atoms with van der Waals surface area (Å²) in [7, 11) is -3.50. The SMILES string of the molecule is CC1CCN(C(=O)c2ccc(CS(=O)(=O)c3ccccc3)o2)C2CCCCC12. The molecule has 1 amide bonds. The molecule has 1 aromatic carbocycles. The molecular weight excluding hydrogens is 374 g/mol. The van der Waals surface area contributed by atoms with Crippen LogP contribution in [0.15, 0.2) is 51.8 Å². The molecule has 1 aliphatic heterocycles. The first-order chi connectivity index (χ1) is 13.5. The highest BCUT2D eigenvalue weighted by Gasteiger charge is 2.40. The number of hydrogen-bond donors (Lipinski definition) is 0. The van der Waals surface area contributed by atoms with Gasteiger partial charge in [0, 0.05) is 12.6 Å². The van der Waals surface area contributed by atoms with Crippen LogP contribution in [0.4, 0.5) is 0 Å². The molecule has 6 heteroatoms. The normalized spacial score (nSPS) is 25.3. The molecule has 0 spiro atoms. The number of likely N-dealkylation sites (tertiary alicyclic amines) is 1. The lowest BCUT2D eigenvalue weighted by Gasteiger charge is -2.47. The van der Waals surface area contributed by atoms with Crippen molar-refractivity contribution in [3.63, 3.8) is 0 Å². The Hall–Kier alpha value is -2.08. The van der Waals surface area contributed by atoms with E-state index in [0.29, 0.717) is 17.6 Å². The molecule has 1 saturated carbocycles. The van der Waals surface area contributed by atoms with Gasteiger partial charge in [-0.3, -0.25) is 4.79 Å². The van der Waals surface area contributed by atoms with Gasteiger partial charge < -0.3 is 9.32 Å². The Labute approximate surface area is 166 Å². The number of carbonyl (C=O) groups is 1. The first kappa shape index (κ1) is 19.2. The second-order valence-electron chi connectivity index (χ2n) is 8.12. The highest BCUT2D eigenvalue weighted by molar-refractivity contribution is 7.90. The van der Waals surface area contributed by atoms with Gasteiger partial charge in [0.25, 0.3) is 5.91 Å². The third-order valence-corrected chi connectivity index (χ3v) is 7.96. The minimum atomic E-state index is -3.50. The molecule has 4 rings (SSSR count). The lowest BCUT2D eigenvalue weighted by molar-refractivity contribution is 0.0193. The van der Waals surface area contributed by atoms with Crippen molar-refractivity contribution < 1.29 is 17.6 Å². The van der Waals surface area contributed by atoms with E-state index < -0.39 is 9.84 Å². The molecule has 0 N–H and O–H groups in total. The quantitative estimate of drug-likeness (QED) is 0.766. The van der Waals surface area contributed by atoms with Gasteiger partial charge in [0.05, 0.1) is 4.90 Å². The molecule has 1 saturated heterocycles. The number of benzene rings is 1. The highest BCUT2D eigenvalue weighted by Crippen LogP contribution is 2.39. The monoisotopic (exact) mass is 401 g/mol. The number of amides is 1. The highest BCUT2D eigenvalue weighted by atomic mass is 32.2. The Kier molecular flexibility index (Phi) is 5.32. The zero-order valence-electron chi connectivity index (χ0n) is 16.2. The maximum absolute atomic E-state index is 13.1. The molecule has 1 aliphatic carbocycles. The third kappa shape index (κ3) is 3.75. The Bertz CT molecular complexity index is 934. The summed E-state index contributed by atoms with van der Waals surface area (Å²) in [6.45, 7) is 3.05. The molecule has 1 aromatic heterocycles. The molecule has 150 valence electrons. The van der Waals surface area contributed by atoms with Crippen molar-refractivity contribution in [1.29, 1.82) is 0 Å². The predicted molar refractivity (Wildman–Crippen MR) is 107 cm³/mol. The minimum absolute atomic E-state index is 0.104. The molecule has 2 fully saturated rings. The molecule has 3 atom stereocenters. The number of rotatable bonds is 4. The van der Waals surface area contributed by atoms with Crippen LogP contribution in [0.1, 0.15) is 55.3 Å². The molecule has 28 heavy (non-hydrogen) atoms. The molecule has 0 bridgehead atoms. The van der Waals surface area contributed by atoms with Gasteiger partial charge in [0.2, 0.25) is 0 Å². The predicted octanol–water partition coefficient (Wildman–Crippen LogP) is 4.29. The van der Waals surface area contributed by atoms with Crippen molar-refractivity contribution in [2.24, 2.45) is 11.8 Å². The number of piperidine rings is 1. The zero-order chi connectivity index (χ0) is 19.7. The van der Waals surface area contributed by atoms with Gasteiger partial charge >= 0.3 is 0 Å². The van der Waals surface area contributed by atoms with Gasteiger partial charge in [-0.05, 0) is 55.4 Å². The first-order valence-electron chi connectivity index (χ1n) is 10.1. The summed E-state index contributed by atoms with van der Waals surface area (Å²) in [5.74, 6) is 1.42. The van der Waals surface area contributed by atoms with Gasteiger partial charge in [0.1, 0.15) is 11.5 Å². The molecule has 2 aromatic rings. The van der Waals surface area contributed by atoms with Crippen molar-refractivity contribution in [3.8, 4) is 0 Å². The minimum Gasteiger partial charge on any atom is -0.455 e. The fraction of sp³-hybridized carbons (Fsp3) is 0.500. The van der Waals surface area contributed by atoms with Gasteiger partial charge in [-0.1, -0.05) is 38.0 Å². The van der Waals surface area contributed by atoms with Crippen LogP contribution in [0.25, 0.3) is 0 Å². The van der Waals surface area contributed by atoms with Gasteiger partial charge in [0.15, 0.2) is 15.6 Å². The second-order valence-corrected chi connectivity index (χ2v) is 10.1. The van der Waals surface area contributed by atoms with E-state index in [1.807, 2.05) is 4.90 Å². The summed E-state index contributed by atoms with van der Waals surface area (Å²) < 4.78 is 30.8. The van der Waals surface area contributed by atoms with E-state index in [9.17, 15) is 13.2 Å². The number of sulfone groups is 1. The molecule has 3 unspecified atom stereocenters. The molecule has 5 nitrogen and oxygen atoms in total. The van der Waals surface area contributed by atoms with Crippen molar-refractivity contribution in [3.05, 3.63) is 54.0 Å². The maximum atomic E-state index is 13.1. The molecule has 2 heterocycles. The van der Waals surface area contributed by atoms with Crippen LogP contribution in [0.2, 0.25) is 0 Å². The second kappa shape index (κ2) is 7.74. The fourth-order valence-electron chi connectivity index (χ4n) is 4.78. The number of carbonyl (C=O) groups excluding carboxylic acids is 1. The van der Waals surface area contributed by atoms with Crippen LogP contribution in [-0.4, -0.2) is 31.8 Å². The van der Waals surface area contributed by atoms with Crippen LogP contribution in [-0.2, 0) is 15.6 Å². The molecule has 2 aliphatic rings. The van der Waals surface area contributed by atoms with Crippen molar-refractivity contribution in [2.45, 2.75) is 55.7 Å². The van der Waals surface area contributed by atoms with Gasteiger partial charge in [-0.25, -0.2) is 8.42 Å². The third-order valence-electron chi connectivity index (χ3n) is 6.31. The van der Waals surface area contributed by atoms with E-state index in [2.05, 4.69) is 6.92 Å². The molecular formula is C22H27NO4S. The summed E-state index contributed by atoms with van der Waals surface area (Å²) >= 11 is 0. The summed E-state index contributed by atoms with van der Waals surface area (Å²) in [4.78, 5) is 15.3. The molecule has 0 radical (unpaired) electrons. The van der Waals surface area contributed by atoms with Crippen LogP contribution in [0, 0.1) is 11.8 Å². The Morgan fingerprint density at radius 2 is 1.82 bits per heavy atom. The van der Waals surface area contributed by atoms with E-state index in [1.165, 1.54) is 12.8 Å². The summed E-state index contributed by atoms with van der Waals surface area (Å²) in [5.41, 5.74) is 0. The van der Waals surface area contributed by atoms with Crippen molar-refractivity contribution in [2.75, 3.05) is 6.54 Å². The van der Waals surface area contributed by atoms with Crippen LogP contribution >= 0.6 is 0 Å².